The van der Waals surface area contributed by atoms with E-state index in [9.17, 15) is 5.11 Å². The minimum Gasteiger partial charge on any atom is -0.390 e. The Bertz CT molecular complexity index is 425. The van der Waals surface area contributed by atoms with Crippen LogP contribution in [0.3, 0.4) is 0 Å². The van der Waals surface area contributed by atoms with Crippen molar-refractivity contribution in [2.75, 3.05) is 18.0 Å². The molecule has 1 aliphatic heterocycles. The summed E-state index contributed by atoms with van der Waals surface area (Å²) in [5.41, 5.74) is 6.79. The Morgan fingerprint density at radius 1 is 1.28 bits per heavy atom. The van der Waals surface area contributed by atoms with Crippen LogP contribution in [0.15, 0.2) is 24.3 Å². The molecule has 1 atom stereocenters. The number of rotatable bonds is 2. The van der Waals surface area contributed by atoms with Crippen molar-refractivity contribution in [2.24, 2.45) is 5.73 Å². The molecule has 1 aliphatic rings. The summed E-state index contributed by atoms with van der Waals surface area (Å²) in [6, 6.07) is 7.74. The quantitative estimate of drug-likeness (QED) is 0.550. The van der Waals surface area contributed by atoms with Crippen LogP contribution < -0.4 is 10.6 Å². The first-order chi connectivity index (χ1) is 8.48. The fourth-order valence-corrected chi connectivity index (χ4v) is 2.37. The van der Waals surface area contributed by atoms with Crippen molar-refractivity contribution in [3.05, 3.63) is 29.8 Å². The van der Waals surface area contributed by atoms with Gasteiger partial charge in [-0.25, -0.2) is 0 Å². The van der Waals surface area contributed by atoms with E-state index < -0.39 is 5.60 Å². The maximum atomic E-state index is 10.1. The largest absolute Gasteiger partial charge is 0.390 e. The first-order valence-corrected chi connectivity index (χ1v) is 6.40. The van der Waals surface area contributed by atoms with Crippen molar-refractivity contribution in [3.63, 3.8) is 0 Å². The molecule has 1 heterocycles. The smallest absolute Gasteiger partial charge is 0.122 e. The number of hydrogen-bond acceptors (Lipinski definition) is 3. The van der Waals surface area contributed by atoms with Gasteiger partial charge in [0, 0.05) is 24.3 Å². The molecule has 2 rings (SSSR count). The molecule has 0 bridgehead atoms. The van der Waals surface area contributed by atoms with Gasteiger partial charge in [0.25, 0.3) is 0 Å². The van der Waals surface area contributed by atoms with Crippen molar-refractivity contribution >= 4 is 11.5 Å². The third kappa shape index (κ3) is 3.01. The Morgan fingerprint density at radius 3 is 2.56 bits per heavy atom. The van der Waals surface area contributed by atoms with Gasteiger partial charge in [0.15, 0.2) is 0 Å². The first kappa shape index (κ1) is 12.9. The van der Waals surface area contributed by atoms with Crippen LogP contribution >= 0.6 is 0 Å². The van der Waals surface area contributed by atoms with Crippen LogP contribution in [0.2, 0.25) is 0 Å². The first-order valence-electron chi connectivity index (χ1n) is 6.40. The summed E-state index contributed by atoms with van der Waals surface area (Å²) in [6.07, 6.45) is 2.65. The highest BCUT2D eigenvalue weighted by Crippen LogP contribution is 2.25. The zero-order chi connectivity index (χ0) is 13.2. The van der Waals surface area contributed by atoms with Crippen molar-refractivity contribution in [1.82, 2.24) is 0 Å². The predicted octanol–water partition coefficient (Wildman–Crippen LogP) is 1.71. The minimum atomic E-state index is -0.534. The second-order valence-corrected chi connectivity index (χ2v) is 5.30. The Morgan fingerprint density at radius 2 is 1.94 bits per heavy atom. The van der Waals surface area contributed by atoms with E-state index in [0.717, 1.165) is 43.6 Å². The normalized spacial score (nSPS) is 24.7. The van der Waals surface area contributed by atoms with Crippen LogP contribution in [0.1, 0.15) is 31.7 Å². The number of hydrogen-bond donors (Lipinski definition) is 3. The van der Waals surface area contributed by atoms with Gasteiger partial charge in [0.2, 0.25) is 0 Å². The third-order valence-corrected chi connectivity index (χ3v) is 3.61. The summed E-state index contributed by atoms with van der Waals surface area (Å²) in [6.45, 7) is 3.75. The number of nitrogens with two attached hydrogens (primary N) is 1. The molecule has 1 unspecified atom stereocenters. The standard InChI is InChI=1S/C14H21N3O/c1-14(18)7-2-9-17(10-8-14)12-5-3-11(4-6-12)13(15)16/h3-6,18H,2,7-10H2,1H3,(H3,15,16). The lowest BCUT2D eigenvalue weighted by Gasteiger charge is -2.24. The number of nitrogen functional groups attached to an aromatic ring is 1. The summed E-state index contributed by atoms with van der Waals surface area (Å²) >= 11 is 0. The second-order valence-electron chi connectivity index (χ2n) is 5.30. The van der Waals surface area contributed by atoms with Crippen LogP contribution in [0, 0.1) is 5.41 Å². The van der Waals surface area contributed by atoms with Gasteiger partial charge in [-0.1, -0.05) is 0 Å². The van der Waals surface area contributed by atoms with Crippen molar-refractivity contribution in [1.29, 1.82) is 5.41 Å². The SMILES string of the molecule is CC1(O)CCCN(c2ccc(C(=N)N)cc2)CC1. The molecule has 18 heavy (non-hydrogen) atoms. The van der Waals surface area contributed by atoms with Crippen molar-refractivity contribution in [3.8, 4) is 0 Å². The van der Waals surface area contributed by atoms with E-state index in [1.54, 1.807) is 0 Å². The van der Waals surface area contributed by atoms with Crippen LogP contribution in [0.25, 0.3) is 0 Å². The van der Waals surface area contributed by atoms with Gasteiger partial charge in [-0.3, -0.25) is 5.41 Å². The number of amidine groups is 1. The Balaban J connectivity index is 2.09. The average molecular weight is 247 g/mol. The van der Waals surface area contributed by atoms with E-state index in [2.05, 4.69) is 4.90 Å². The van der Waals surface area contributed by atoms with Gasteiger partial charge in [-0.2, -0.15) is 0 Å². The van der Waals surface area contributed by atoms with Gasteiger partial charge in [-0.15, -0.1) is 0 Å². The molecular formula is C14H21N3O. The number of aliphatic hydroxyl groups is 1. The van der Waals surface area contributed by atoms with E-state index in [1.807, 2.05) is 31.2 Å². The highest BCUT2D eigenvalue weighted by Gasteiger charge is 2.24. The van der Waals surface area contributed by atoms with Crippen LogP contribution in [-0.2, 0) is 0 Å². The number of nitrogens with one attached hydrogen (secondary N) is 1. The molecule has 4 heteroatoms. The summed E-state index contributed by atoms with van der Waals surface area (Å²) in [4.78, 5) is 2.28. The lowest BCUT2D eigenvalue weighted by Crippen LogP contribution is -2.28. The molecule has 1 aromatic carbocycles. The highest BCUT2D eigenvalue weighted by atomic mass is 16.3. The zero-order valence-corrected chi connectivity index (χ0v) is 10.8. The van der Waals surface area contributed by atoms with Crippen LogP contribution in [0.4, 0.5) is 5.69 Å². The summed E-state index contributed by atoms with van der Waals surface area (Å²) in [7, 11) is 0. The predicted molar refractivity (Wildman–Crippen MR) is 74.1 cm³/mol. The van der Waals surface area contributed by atoms with E-state index in [1.165, 1.54) is 0 Å². The molecule has 1 fully saturated rings. The Labute approximate surface area is 108 Å². The molecule has 4 N–H and O–H groups in total. The summed E-state index contributed by atoms with van der Waals surface area (Å²) < 4.78 is 0. The topological polar surface area (TPSA) is 73.3 Å². The molecular weight excluding hydrogens is 226 g/mol. The number of anilines is 1. The molecule has 0 radical (unpaired) electrons. The highest BCUT2D eigenvalue weighted by molar-refractivity contribution is 5.95. The van der Waals surface area contributed by atoms with Gasteiger partial charge in [-0.05, 0) is 50.5 Å². The summed E-state index contributed by atoms with van der Waals surface area (Å²) in [5, 5.41) is 17.4. The third-order valence-electron chi connectivity index (χ3n) is 3.61. The fraction of sp³-hybridized carbons (Fsp3) is 0.500. The fourth-order valence-electron chi connectivity index (χ4n) is 2.37. The maximum absolute atomic E-state index is 10.1. The molecule has 0 aromatic heterocycles. The van der Waals surface area contributed by atoms with Crippen LogP contribution in [0.5, 0.6) is 0 Å². The number of benzene rings is 1. The molecule has 0 aliphatic carbocycles. The molecule has 0 saturated carbocycles. The monoisotopic (exact) mass is 247 g/mol. The van der Waals surface area contributed by atoms with Crippen molar-refractivity contribution < 1.29 is 5.11 Å². The molecule has 4 nitrogen and oxygen atoms in total. The maximum Gasteiger partial charge on any atom is 0.122 e. The summed E-state index contributed by atoms with van der Waals surface area (Å²) in [5.74, 6) is 0.0975. The van der Waals surface area contributed by atoms with E-state index in [-0.39, 0.29) is 5.84 Å². The van der Waals surface area contributed by atoms with Crippen molar-refractivity contribution in [2.45, 2.75) is 31.8 Å². The number of nitrogens with zero attached hydrogens (tertiary/aromatic N) is 1. The minimum absolute atomic E-state index is 0.0975. The van der Waals surface area contributed by atoms with Gasteiger partial charge in [0.05, 0.1) is 5.60 Å². The second kappa shape index (κ2) is 4.98. The lowest BCUT2D eigenvalue weighted by atomic mass is 9.98. The lowest BCUT2D eigenvalue weighted by molar-refractivity contribution is 0.0481. The average Bonchev–Trinajstić information content (AvgIpc) is 2.50. The van der Waals surface area contributed by atoms with Crippen LogP contribution in [-0.4, -0.2) is 29.6 Å². The Hall–Kier alpha value is -1.55. The van der Waals surface area contributed by atoms with E-state index in [0.29, 0.717) is 0 Å². The molecule has 0 spiro atoms. The van der Waals surface area contributed by atoms with E-state index >= 15 is 0 Å². The van der Waals surface area contributed by atoms with Gasteiger partial charge < -0.3 is 15.7 Å². The molecule has 0 amide bonds. The van der Waals surface area contributed by atoms with E-state index in [4.69, 9.17) is 11.1 Å². The van der Waals surface area contributed by atoms with Gasteiger partial charge >= 0.3 is 0 Å². The zero-order valence-electron chi connectivity index (χ0n) is 10.8. The molecule has 1 aromatic rings. The molecule has 1 saturated heterocycles. The Kier molecular flexibility index (Phi) is 3.57. The van der Waals surface area contributed by atoms with Gasteiger partial charge in [0.1, 0.15) is 5.84 Å². The molecule has 98 valence electrons.